The van der Waals surface area contributed by atoms with Crippen molar-refractivity contribution in [2.45, 2.75) is 50.7 Å². The van der Waals surface area contributed by atoms with E-state index in [4.69, 9.17) is 10.7 Å². The molecule has 8 heteroatoms. The fourth-order valence-corrected chi connectivity index (χ4v) is 5.86. The molecular weight excluding hydrogens is 428 g/mol. The standard InChI is InChI=1S/C26H32N6O2/c27-24-22(31-9-8-17(13-33)23(34)12-31)11-19(25-26(24)29-14-28-25)16-6-7-21-20(10-16)30-15-32(21)18-4-2-1-3-5-18/h6-7,10-11,14-15,17-18,23,33-34H,1-5,8-9,12-13,27H2,(H,28,29)/t17-,23+/m1/s1. The number of hydrogen-bond acceptors (Lipinski definition) is 6. The summed E-state index contributed by atoms with van der Waals surface area (Å²) in [6.07, 6.45) is 10.2. The van der Waals surface area contributed by atoms with Crippen LogP contribution in [0.5, 0.6) is 0 Å². The van der Waals surface area contributed by atoms with Gasteiger partial charge in [0.1, 0.15) is 0 Å². The lowest BCUT2D eigenvalue weighted by Gasteiger charge is -2.37. The van der Waals surface area contributed by atoms with Crippen molar-refractivity contribution in [3.8, 4) is 11.1 Å². The molecule has 178 valence electrons. The molecule has 0 spiro atoms. The molecule has 2 aliphatic rings. The topological polar surface area (TPSA) is 116 Å². The van der Waals surface area contributed by atoms with E-state index in [0.717, 1.165) is 46.3 Å². The van der Waals surface area contributed by atoms with Crippen molar-refractivity contribution in [3.05, 3.63) is 36.9 Å². The van der Waals surface area contributed by atoms with Crippen molar-refractivity contribution >= 4 is 33.4 Å². The summed E-state index contributed by atoms with van der Waals surface area (Å²) < 4.78 is 2.35. The molecule has 0 amide bonds. The van der Waals surface area contributed by atoms with Gasteiger partial charge in [-0.05, 0) is 43.0 Å². The summed E-state index contributed by atoms with van der Waals surface area (Å²) in [6, 6.07) is 9.10. The normalized spacial score (nSPS) is 22.1. The average Bonchev–Trinajstić information content (AvgIpc) is 3.52. The van der Waals surface area contributed by atoms with Gasteiger partial charge in [0.2, 0.25) is 0 Å². The van der Waals surface area contributed by atoms with Gasteiger partial charge in [0.15, 0.2) is 0 Å². The molecule has 3 heterocycles. The van der Waals surface area contributed by atoms with Crippen LogP contribution in [0.3, 0.4) is 0 Å². The monoisotopic (exact) mass is 460 g/mol. The number of nitrogens with one attached hydrogen (secondary N) is 1. The molecule has 2 atom stereocenters. The number of fused-ring (bicyclic) bond motifs is 2. The van der Waals surface area contributed by atoms with E-state index in [2.05, 4.69) is 43.7 Å². The predicted octanol–water partition coefficient (Wildman–Crippen LogP) is 3.85. The molecule has 2 aromatic carbocycles. The molecular formula is C26H32N6O2. The van der Waals surface area contributed by atoms with Crippen molar-refractivity contribution in [3.63, 3.8) is 0 Å². The Morgan fingerprint density at radius 1 is 1.09 bits per heavy atom. The maximum absolute atomic E-state index is 10.5. The number of nitrogen functional groups attached to an aromatic ring is 1. The van der Waals surface area contributed by atoms with Gasteiger partial charge in [-0.15, -0.1) is 0 Å². The van der Waals surface area contributed by atoms with Crippen LogP contribution >= 0.6 is 0 Å². The number of imidazole rings is 2. The van der Waals surface area contributed by atoms with Gasteiger partial charge in [0.25, 0.3) is 0 Å². The zero-order valence-electron chi connectivity index (χ0n) is 19.3. The summed E-state index contributed by atoms with van der Waals surface area (Å²) in [4.78, 5) is 14.7. The quantitative estimate of drug-likeness (QED) is 0.344. The number of nitrogens with two attached hydrogens (primary N) is 1. The fourth-order valence-electron chi connectivity index (χ4n) is 5.86. The Morgan fingerprint density at radius 2 is 1.94 bits per heavy atom. The van der Waals surface area contributed by atoms with Gasteiger partial charge in [0.05, 0.1) is 52.2 Å². The first kappa shape index (κ1) is 21.4. The zero-order chi connectivity index (χ0) is 23.2. The summed E-state index contributed by atoms with van der Waals surface area (Å²) in [5.74, 6) is -0.0884. The minimum atomic E-state index is -0.584. The summed E-state index contributed by atoms with van der Waals surface area (Å²) in [5.41, 5.74) is 13.9. The Labute approximate surface area is 198 Å². The number of β-amino-alcohol motifs (C(OH)–C–C–N with tert-alkyl or cyclic N) is 1. The molecule has 34 heavy (non-hydrogen) atoms. The van der Waals surface area contributed by atoms with Crippen LogP contribution in [0.1, 0.15) is 44.6 Å². The van der Waals surface area contributed by atoms with E-state index in [-0.39, 0.29) is 12.5 Å². The molecule has 2 fully saturated rings. The van der Waals surface area contributed by atoms with Crippen LogP contribution in [0.25, 0.3) is 33.2 Å². The Morgan fingerprint density at radius 3 is 2.74 bits per heavy atom. The van der Waals surface area contributed by atoms with Gasteiger partial charge in [0, 0.05) is 37.2 Å². The lowest BCUT2D eigenvalue weighted by atomic mass is 9.93. The van der Waals surface area contributed by atoms with E-state index in [1.54, 1.807) is 6.33 Å². The van der Waals surface area contributed by atoms with Crippen LogP contribution < -0.4 is 10.6 Å². The van der Waals surface area contributed by atoms with Crippen molar-refractivity contribution in [2.24, 2.45) is 5.92 Å². The molecule has 5 N–H and O–H groups in total. The van der Waals surface area contributed by atoms with Crippen LogP contribution in [0.4, 0.5) is 11.4 Å². The second-order valence-electron chi connectivity index (χ2n) is 9.87. The number of nitrogens with zero attached hydrogens (tertiary/aromatic N) is 4. The van der Waals surface area contributed by atoms with Crippen LogP contribution in [-0.4, -0.2) is 55.5 Å². The third-order valence-corrected chi connectivity index (χ3v) is 7.87. The lowest BCUT2D eigenvalue weighted by molar-refractivity contribution is 0.0548. The van der Waals surface area contributed by atoms with Crippen molar-refractivity contribution in [2.75, 3.05) is 30.3 Å². The second-order valence-corrected chi connectivity index (χ2v) is 9.87. The Balaban J connectivity index is 1.41. The number of aromatic nitrogens is 4. The molecule has 0 radical (unpaired) electrons. The van der Waals surface area contributed by atoms with Crippen LogP contribution in [0.15, 0.2) is 36.9 Å². The van der Waals surface area contributed by atoms with E-state index in [1.807, 2.05) is 6.33 Å². The SMILES string of the molecule is Nc1c(N2CC[C@H](CO)[C@@H](O)C2)cc(-c2ccc3c(c2)ncn3C2CCCCC2)c2nc[nH]c12. The minimum absolute atomic E-state index is 0.00282. The zero-order valence-corrected chi connectivity index (χ0v) is 19.3. The van der Waals surface area contributed by atoms with Gasteiger partial charge < -0.3 is 30.4 Å². The highest BCUT2D eigenvalue weighted by molar-refractivity contribution is 6.04. The number of anilines is 2. The van der Waals surface area contributed by atoms with Crippen LogP contribution in [-0.2, 0) is 0 Å². The van der Waals surface area contributed by atoms with E-state index < -0.39 is 6.10 Å². The van der Waals surface area contributed by atoms with Gasteiger partial charge in [-0.1, -0.05) is 25.3 Å². The maximum atomic E-state index is 10.5. The average molecular weight is 461 g/mol. The third-order valence-electron chi connectivity index (χ3n) is 7.87. The highest BCUT2D eigenvalue weighted by Gasteiger charge is 2.29. The van der Waals surface area contributed by atoms with E-state index in [9.17, 15) is 10.2 Å². The largest absolute Gasteiger partial charge is 0.396 e. The second kappa shape index (κ2) is 8.60. The molecule has 1 aliphatic carbocycles. The van der Waals surface area contributed by atoms with Gasteiger partial charge in [-0.25, -0.2) is 9.97 Å². The number of hydrogen-bond donors (Lipinski definition) is 4. The van der Waals surface area contributed by atoms with E-state index in [0.29, 0.717) is 18.3 Å². The number of H-pyrrole nitrogens is 1. The first-order valence-corrected chi connectivity index (χ1v) is 12.4. The third kappa shape index (κ3) is 3.52. The van der Waals surface area contributed by atoms with Gasteiger partial charge in [-0.2, -0.15) is 0 Å². The molecule has 0 bridgehead atoms. The Hall–Kier alpha value is -3.10. The fraction of sp³-hybridized carbons (Fsp3) is 0.462. The summed E-state index contributed by atoms with van der Waals surface area (Å²) in [7, 11) is 0. The summed E-state index contributed by atoms with van der Waals surface area (Å²) in [5, 5.41) is 20.0. The van der Waals surface area contributed by atoms with Gasteiger partial charge >= 0.3 is 0 Å². The molecule has 6 rings (SSSR count). The highest BCUT2D eigenvalue weighted by Crippen LogP contribution is 2.40. The van der Waals surface area contributed by atoms with Crippen molar-refractivity contribution < 1.29 is 10.2 Å². The van der Waals surface area contributed by atoms with Gasteiger partial charge in [-0.3, -0.25) is 0 Å². The number of aliphatic hydroxyl groups excluding tert-OH is 2. The minimum Gasteiger partial charge on any atom is -0.396 e. The molecule has 1 saturated carbocycles. The molecule has 1 aliphatic heterocycles. The number of rotatable bonds is 4. The van der Waals surface area contributed by atoms with E-state index >= 15 is 0 Å². The molecule has 0 unspecified atom stereocenters. The summed E-state index contributed by atoms with van der Waals surface area (Å²) >= 11 is 0. The van der Waals surface area contributed by atoms with Crippen molar-refractivity contribution in [1.82, 2.24) is 19.5 Å². The highest BCUT2D eigenvalue weighted by atomic mass is 16.3. The number of piperidine rings is 1. The summed E-state index contributed by atoms with van der Waals surface area (Å²) in [6.45, 7) is 1.18. The first-order valence-electron chi connectivity index (χ1n) is 12.4. The maximum Gasteiger partial charge on any atom is 0.0983 e. The Kier molecular flexibility index (Phi) is 5.42. The van der Waals surface area contributed by atoms with Crippen LogP contribution in [0.2, 0.25) is 0 Å². The van der Waals surface area contributed by atoms with Crippen LogP contribution in [0, 0.1) is 5.92 Å². The number of aromatic amines is 1. The predicted molar refractivity (Wildman–Crippen MR) is 135 cm³/mol. The molecule has 2 aromatic heterocycles. The molecule has 8 nitrogen and oxygen atoms in total. The number of benzene rings is 2. The first-order chi connectivity index (χ1) is 16.6. The Bertz CT molecular complexity index is 1320. The van der Waals surface area contributed by atoms with E-state index in [1.165, 1.54) is 37.6 Å². The lowest BCUT2D eigenvalue weighted by Crippen LogP contribution is -2.45. The molecule has 1 saturated heterocycles. The van der Waals surface area contributed by atoms with Crippen molar-refractivity contribution in [1.29, 1.82) is 0 Å². The smallest absolute Gasteiger partial charge is 0.0983 e. The number of aliphatic hydroxyl groups is 2. The molecule has 4 aromatic rings.